The fourth-order valence-electron chi connectivity index (χ4n) is 7.01. The van der Waals surface area contributed by atoms with Crippen LogP contribution in [-0.2, 0) is 4.79 Å². The number of aliphatic hydroxyl groups is 1. The molecule has 0 bridgehead atoms. The van der Waals surface area contributed by atoms with Crippen molar-refractivity contribution < 1.29 is 14.6 Å². The zero-order valence-corrected chi connectivity index (χ0v) is 18.5. The van der Waals surface area contributed by atoms with E-state index in [1.807, 2.05) is 12.1 Å². The molecule has 160 valence electrons. The van der Waals surface area contributed by atoms with Crippen molar-refractivity contribution in [3.8, 4) is 5.75 Å². The molecule has 0 heterocycles. The maximum absolute atomic E-state index is 12.1. The van der Waals surface area contributed by atoms with Gasteiger partial charge < -0.3 is 9.84 Å². The number of ketones is 1. The summed E-state index contributed by atoms with van der Waals surface area (Å²) in [5, 5.41) is 11.0. The molecule has 2 saturated carbocycles. The van der Waals surface area contributed by atoms with Crippen LogP contribution in [0.15, 0.2) is 47.1 Å². The number of hydrogen-bond acceptors (Lipinski definition) is 3. The van der Waals surface area contributed by atoms with Gasteiger partial charge in [0.05, 0.1) is 12.2 Å². The van der Waals surface area contributed by atoms with E-state index < -0.39 is 0 Å². The zero-order chi connectivity index (χ0) is 21.0. The third kappa shape index (κ3) is 3.17. The Kier molecular flexibility index (Phi) is 4.93. The molecule has 3 heteroatoms. The molecule has 2 fully saturated rings. The van der Waals surface area contributed by atoms with Crippen molar-refractivity contribution in [2.24, 2.45) is 17.3 Å². The fraction of sp³-hybridized carbons (Fsp3) is 0.593. The van der Waals surface area contributed by atoms with Crippen LogP contribution in [0.5, 0.6) is 5.75 Å². The lowest BCUT2D eigenvalue weighted by atomic mass is 9.53. The van der Waals surface area contributed by atoms with Crippen LogP contribution >= 0.6 is 0 Å². The van der Waals surface area contributed by atoms with Crippen LogP contribution in [0, 0.1) is 17.3 Å². The largest absolute Gasteiger partial charge is 0.491 e. The van der Waals surface area contributed by atoms with Gasteiger partial charge in [0.2, 0.25) is 0 Å². The lowest BCUT2D eigenvalue weighted by Gasteiger charge is -2.52. The number of fused-ring (bicyclic) bond motifs is 4. The van der Waals surface area contributed by atoms with Gasteiger partial charge in [0.25, 0.3) is 0 Å². The molecule has 0 aromatic heterocycles. The molecule has 1 N–H and O–H groups in total. The van der Waals surface area contributed by atoms with Gasteiger partial charge >= 0.3 is 0 Å². The summed E-state index contributed by atoms with van der Waals surface area (Å²) < 4.78 is 6.01. The first-order chi connectivity index (χ1) is 14.4. The molecule has 0 aliphatic heterocycles. The van der Waals surface area contributed by atoms with Gasteiger partial charge in [-0.25, -0.2) is 0 Å². The van der Waals surface area contributed by atoms with E-state index in [9.17, 15) is 9.90 Å². The van der Waals surface area contributed by atoms with Gasteiger partial charge in [-0.05, 0) is 105 Å². The summed E-state index contributed by atoms with van der Waals surface area (Å²) in [6.45, 7) is 6.45. The van der Waals surface area contributed by atoms with Gasteiger partial charge in [0.15, 0.2) is 5.78 Å². The SMILES string of the molecule is CC(C)Oc1cccc(C2CC3(C)C(O)CCC3C3CCC4=CC(=O)CCC4=C23)c1. The predicted octanol–water partition coefficient (Wildman–Crippen LogP) is 5.73. The number of aliphatic hydroxyl groups excluding tert-OH is 1. The molecular formula is C27H34O3. The molecule has 30 heavy (non-hydrogen) atoms. The monoisotopic (exact) mass is 406 g/mol. The van der Waals surface area contributed by atoms with E-state index in [-0.39, 0.29) is 23.4 Å². The highest BCUT2D eigenvalue weighted by Crippen LogP contribution is 2.63. The van der Waals surface area contributed by atoms with E-state index in [0.717, 1.165) is 44.3 Å². The highest BCUT2D eigenvalue weighted by Gasteiger charge is 2.56. The molecule has 0 spiro atoms. The van der Waals surface area contributed by atoms with Crippen molar-refractivity contribution in [2.45, 2.75) is 83.8 Å². The Bertz CT molecular complexity index is 924. The molecule has 0 radical (unpaired) electrons. The van der Waals surface area contributed by atoms with Crippen LogP contribution in [0.4, 0.5) is 0 Å². The first-order valence-corrected chi connectivity index (χ1v) is 11.8. The predicted molar refractivity (Wildman–Crippen MR) is 118 cm³/mol. The Hall–Kier alpha value is -1.87. The molecule has 5 rings (SSSR count). The van der Waals surface area contributed by atoms with Gasteiger partial charge in [0.1, 0.15) is 5.75 Å². The van der Waals surface area contributed by atoms with E-state index >= 15 is 0 Å². The van der Waals surface area contributed by atoms with Gasteiger partial charge in [0, 0.05) is 12.3 Å². The zero-order valence-electron chi connectivity index (χ0n) is 18.5. The van der Waals surface area contributed by atoms with Crippen LogP contribution in [0.25, 0.3) is 0 Å². The fourth-order valence-corrected chi connectivity index (χ4v) is 7.01. The number of rotatable bonds is 3. The second-order valence-corrected chi connectivity index (χ2v) is 10.4. The molecule has 1 aromatic rings. The van der Waals surface area contributed by atoms with Crippen molar-refractivity contribution in [3.05, 3.63) is 52.6 Å². The highest BCUT2D eigenvalue weighted by molar-refractivity contribution is 5.93. The highest BCUT2D eigenvalue weighted by atomic mass is 16.5. The van der Waals surface area contributed by atoms with Crippen LogP contribution in [0.1, 0.15) is 77.2 Å². The minimum Gasteiger partial charge on any atom is -0.491 e. The van der Waals surface area contributed by atoms with E-state index in [4.69, 9.17) is 4.74 Å². The molecule has 4 aliphatic carbocycles. The molecule has 1 aromatic carbocycles. The number of ether oxygens (including phenoxy) is 1. The van der Waals surface area contributed by atoms with E-state index in [1.165, 1.54) is 16.7 Å². The van der Waals surface area contributed by atoms with Crippen molar-refractivity contribution in [1.29, 1.82) is 0 Å². The summed E-state index contributed by atoms with van der Waals surface area (Å²) in [5.41, 5.74) is 5.62. The molecule has 4 aliphatic rings. The third-order valence-corrected chi connectivity index (χ3v) is 8.31. The van der Waals surface area contributed by atoms with Crippen molar-refractivity contribution in [2.75, 3.05) is 0 Å². The average molecular weight is 407 g/mol. The second-order valence-electron chi connectivity index (χ2n) is 10.4. The van der Waals surface area contributed by atoms with Gasteiger partial charge in [-0.2, -0.15) is 0 Å². The number of carbonyl (C=O) groups is 1. The topological polar surface area (TPSA) is 46.5 Å². The summed E-state index contributed by atoms with van der Waals surface area (Å²) in [4.78, 5) is 12.1. The van der Waals surface area contributed by atoms with Crippen LogP contribution < -0.4 is 4.74 Å². The van der Waals surface area contributed by atoms with Gasteiger partial charge in [-0.1, -0.05) is 24.6 Å². The molecule has 3 nitrogen and oxygen atoms in total. The smallest absolute Gasteiger partial charge is 0.156 e. The number of hydrogen-bond donors (Lipinski definition) is 1. The lowest BCUT2D eigenvalue weighted by molar-refractivity contribution is -0.114. The number of allylic oxidation sites excluding steroid dienone is 4. The Morgan fingerprint density at radius 2 is 1.97 bits per heavy atom. The van der Waals surface area contributed by atoms with Crippen LogP contribution in [-0.4, -0.2) is 23.1 Å². The number of benzene rings is 1. The summed E-state index contributed by atoms with van der Waals surface area (Å²) in [6, 6.07) is 8.60. The summed E-state index contributed by atoms with van der Waals surface area (Å²) in [7, 11) is 0. The molecule has 5 unspecified atom stereocenters. The Labute approximate surface area is 180 Å². The minimum atomic E-state index is -0.212. The lowest BCUT2D eigenvalue weighted by Crippen LogP contribution is -2.45. The standard InChI is InChI=1S/C27H34O3/c1-16(2)30-20-6-4-5-17(14-20)23-15-27(3)24(11-12-25(27)29)22-9-7-18-13-19(28)8-10-21(18)26(22)23/h4-6,13-14,16,22-25,29H,7-12,15H2,1-3H3. The molecular weight excluding hydrogens is 372 g/mol. The summed E-state index contributed by atoms with van der Waals surface area (Å²) in [6.07, 6.45) is 8.56. The molecule has 5 atom stereocenters. The van der Waals surface area contributed by atoms with Crippen molar-refractivity contribution >= 4 is 5.78 Å². The van der Waals surface area contributed by atoms with E-state index in [1.54, 1.807) is 5.57 Å². The first-order valence-electron chi connectivity index (χ1n) is 11.8. The van der Waals surface area contributed by atoms with Gasteiger partial charge in [-0.3, -0.25) is 4.79 Å². The summed E-state index contributed by atoms with van der Waals surface area (Å²) >= 11 is 0. The van der Waals surface area contributed by atoms with Crippen molar-refractivity contribution in [1.82, 2.24) is 0 Å². The molecule has 0 saturated heterocycles. The maximum atomic E-state index is 12.1. The summed E-state index contributed by atoms with van der Waals surface area (Å²) in [5.74, 6) is 2.59. The maximum Gasteiger partial charge on any atom is 0.156 e. The second kappa shape index (κ2) is 7.37. The first kappa shape index (κ1) is 20.1. The van der Waals surface area contributed by atoms with Gasteiger partial charge in [-0.15, -0.1) is 0 Å². The average Bonchev–Trinajstić information content (AvgIpc) is 3.01. The van der Waals surface area contributed by atoms with Crippen molar-refractivity contribution in [3.63, 3.8) is 0 Å². The van der Waals surface area contributed by atoms with Crippen LogP contribution in [0.2, 0.25) is 0 Å². The Morgan fingerprint density at radius 1 is 1.13 bits per heavy atom. The van der Waals surface area contributed by atoms with E-state index in [2.05, 4.69) is 39.0 Å². The van der Waals surface area contributed by atoms with E-state index in [0.29, 0.717) is 24.2 Å². The minimum absolute atomic E-state index is 0.0278. The third-order valence-electron chi connectivity index (χ3n) is 8.31. The normalized spacial score (nSPS) is 35.6. The van der Waals surface area contributed by atoms with Crippen LogP contribution in [0.3, 0.4) is 0 Å². The quantitative estimate of drug-likeness (QED) is 0.697. The number of carbonyl (C=O) groups excluding carboxylic acids is 1. The Balaban J connectivity index is 1.64. The Morgan fingerprint density at radius 3 is 2.77 bits per heavy atom. The molecule has 0 amide bonds.